The molecule has 3 aromatic heterocycles. The minimum atomic E-state index is -4.49. The summed E-state index contributed by atoms with van der Waals surface area (Å²) in [7, 11) is -1.22. The molecule has 1 atom stereocenters. The van der Waals surface area contributed by atoms with Gasteiger partial charge in [0.1, 0.15) is 18.5 Å². The number of halogens is 3. The van der Waals surface area contributed by atoms with Crippen LogP contribution in [0.3, 0.4) is 0 Å². The number of carbonyl (C=O) groups is 1. The standard InChI is InChI=1S/C18H20F3N7O2S/c1-2-31(30)27-9-17(10-27,5-14(29)23-8-18(19,20)21)28-7-12(6-26-28)15-13-3-4-22-16(13)25-11-24-15/h3-4,6-7,11H,2,5,8-10H2,1H3,(H,23,29)(H,22,24,25). The van der Waals surface area contributed by atoms with Gasteiger partial charge < -0.3 is 10.3 Å². The van der Waals surface area contributed by atoms with Gasteiger partial charge in [-0.05, 0) is 6.07 Å². The molecule has 31 heavy (non-hydrogen) atoms. The number of hydrogen-bond donors (Lipinski definition) is 2. The molecule has 0 saturated carbocycles. The number of H-pyrrole nitrogens is 1. The molecule has 0 aromatic carbocycles. The van der Waals surface area contributed by atoms with Crippen LogP contribution in [0.2, 0.25) is 0 Å². The van der Waals surface area contributed by atoms with Crippen LogP contribution >= 0.6 is 0 Å². The molecule has 0 aliphatic carbocycles. The lowest BCUT2D eigenvalue weighted by Crippen LogP contribution is -2.64. The van der Waals surface area contributed by atoms with Gasteiger partial charge in [0, 0.05) is 42.2 Å². The lowest BCUT2D eigenvalue weighted by Gasteiger charge is -2.48. The summed E-state index contributed by atoms with van der Waals surface area (Å²) < 4.78 is 52.8. The quantitative estimate of drug-likeness (QED) is 0.562. The predicted molar refractivity (Wildman–Crippen MR) is 107 cm³/mol. The average Bonchev–Trinajstić information content (AvgIpc) is 3.37. The van der Waals surface area contributed by atoms with E-state index < -0.39 is 35.2 Å². The number of fused-ring (bicyclic) bond motifs is 1. The van der Waals surface area contributed by atoms with Crippen LogP contribution in [0.1, 0.15) is 13.3 Å². The SMILES string of the molecule is CCS(=O)N1CC(CC(=O)NCC(F)(F)F)(n2cc(-c3ncnc4[nH]ccc34)cn2)C1. The van der Waals surface area contributed by atoms with Gasteiger partial charge in [-0.2, -0.15) is 18.3 Å². The topological polar surface area (TPSA) is 109 Å². The summed E-state index contributed by atoms with van der Waals surface area (Å²) in [5.74, 6) is -0.334. The maximum absolute atomic E-state index is 12.5. The molecule has 13 heteroatoms. The Balaban J connectivity index is 1.60. The van der Waals surface area contributed by atoms with Crippen molar-refractivity contribution >= 4 is 27.9 Å². The fourth-order valence-electron chi connectivity index (χ4n) is 3.64. The molecule has 0 radical (unpaired) electrons. The molecule has 1 saturated heterocycles. The number of nitrogens with one attached hydrogen (secondary N) is 2. The molecule has 2 N–H and O–H groups in total. The Morgan fingerprint density at radius 2 is 2.13 bits per heavy atom. The summed E-state index contributed by atoms with van der Waals surface area (Å²) >= 11 is 0. The van der Waals surface area contributed by atoms with E-state index in [2.05, 4.69) is 20.1 Å². The molecule has 0 spiro atoms. The summed E-state index contributed by atoms with van der Waals surface area (Å²) in [6, 6.07) is 1.83. The second-order valence-electron chi connectivity index (χ2n) is 7.34. The first-order valence-corrected chi connectivity index (χ1v) is 10.8. The van der Waals surface area contributed by atoms with Crippen LogP contribution in [-0.2, 0) is 21.3 Å². The molecule has 1 aliphatic heterocycles. The van der Waals surface area contributed by atoms with E-state index in [4.69, 9.17) is 0 Å². The van der Waals surface area contributed by atoms with Gasteiger partial charge in [0.2, 0.25) is 5.91 Å². The molecule has 4 rings (SSSR count). The molecule has 1 fully saturated rings. The van der Waals surface area contributed by atoms with E-state index in [1.807, 2.05) is 11.4 Å². The first kappa shape index (κ1) is 21.4. The van der Waals surface area contributed by atoms with Crippen LogP contribution in [0.15, 0.2) is 31.0 Å². The highest BCUT2D eigenvalue weighted by atomic mass is 32.2. The molecule has 1 amide bonds. The van der Waals surface area contributed by atoms with Gasteiger partial charge in [0.05, 0.1) is 34.8 Å². The number of rotatable bonds is 7. The number of amides is 1. The molecular formula is C18H20F3N7O2S. The van der Waals surface area contributed by atoms with Crippen LogP contribution in [0.5, 0.6) is 0 Å². The van der Waals surface area contributed by atoms with Gasteiger partial charge in [-0.1, -0.05) is 6.92 Å². The molecular weight excluding hydrogens is 435 g/mol. The highest BCUT2D eigenvalue weighted by molar-refractivity contribution is 7.82. The van der Waals surface area contributed by atoms with Crippen LogP contribution in [0.4, 0.5) is 13.2 Å². The van der Waals surface area contributed by atoms with Gasteiger partial charge >= 0.3 is 6.18 Å². The van der Waals surface area contributed by atoms with Crippen molar-refractivity contribution in [3.8, 4) is 11.3 Å². The van der Waals surface area contributed by atoms with E-state index in [9.17, 15) is 22.2 Å². The number of aromatic amines is 1. The predicted octanol–water partition coefficient (Wildman–Crippen LogP) is 1.58. The maximum Gasteiger partial charge on any atom is 0.405 e. The largest absolute Gasteiger partial charge is 0.405 e. The number of carbonyl (C=O) groups excluding carboxylic acids is 1. The highest BCUT2D eigenvalue weighted by Crippen LogP contribution is 2.35. The molecule has 1 aliphatic rings. The van der Waals surface area contributed by atoms with Crippen LogP contribution in [0.25, 0.3) is 22.3 Å². The Bertz CT molecular complexity index is 1120. The average molecular weight is 455 g/mol. The van der Waals surface area contributed by atoms with E-state index in [1.54, 1.807) is 34.5 Å². The smallest absolute Gasteiger partial charge is 0.347 e. The van der Waals surface area contributed by atoms with Crippen molar-refractivity contribution in [3.05, 3.63) is 31.0 Å². The zero-order chi connectivity index (χ0) is 22.2. The third kappa shape index (κ3) is 4.32. The highest BCUT2D eigenvalue weighted by Gasteiger charge is 2.49. The Kier molecular flexibility index (Phi) is 5.56. The lowest BCUT2D eigenvalue weighted by atomic mass is 9.88. The third-order valence-corrected chi connectivity index (χ3v) is 6.48. The van der Waals surface area contributed by atoms with Crippen molar-refractivity contribution in [1.82, 2.24) is 34.4 Å². The van der Waals surface area contributed by atoms with Gasteiger partial charge in [-0.3, -0.25) is 9.48 Å². The zero-order valence-electron chi connectivity index (χ0n) is 16.5. The van der Waals surface area contributed by atoms with E-state index in [-0.39, 0.29) is 19.5 Å². The normalized spacial score (nSPS) is 17.4. The number of alkyl halides is 3. The summed E-state index contributed by atoms with van der Waals surface area (Å²) in [5.41, 5.74) is 1.08. The molecule has 3 aromatic rings. The van der Waals surface area contributed by atoms with Gasteiger partial charge in [-0.15, -0.1) is 0 Å². The van der Waals surface area contributed by atoms with E-state index in [0.29, 0.717) is 22.7 Å². The second-order valence-corrected chi connectivity index (χ2v) is 9.07. The maximum atomic E-state index is 12.5. The Morgan fingerprint density at radius 3 is 2.84 bits per heavy atom. The monoisotopic (exact) mass is 455 g/mol. The third-order valence-electron chi connectivity index (χ3n) is 5.15. The van der Waals surface area contributed by atoms with E-state index in [1.165, 1.54) is 6.33 Å². The molecule has 4 heterocycles. The van der Waals surface area contributed by atoms with Crippen LogP contribution in [-0.4, -0.2) is 70.7 Å². The van der Waals surface area contributed by atoms with E-state index >= 15 is 0 Å². The zero-order valence-corrected chi connectivity index (χ0v) is 17.3. The van der Waals surface area contributed by atoms with Crippen molar-refractivity contribution < 1.29 is 22.2 Å². The fourth-order valence-corrected chi connectivity index (χ4v) is 4.78. The van der Waals surface area contributed by atoms with Gasteiger partial charge in [0.25, 0.3) is 0 Å². The second kappa shape index (κ2) is 8.04. The fraction of sp³-hybridized carbons (Fsp3) is 0.444. The molecule has 0 bridgehead atoms. The van der Waals surface area contributed by atoms with Crippen molar-refractivity contribution in [2.45, 2.75) is 25.1 Å². The summed E-state index contributed by atoms with van der Waals surface area (Å²) in [6.45, 7) is 0.841. The van der Waals surface area contributed by atoms with Crippen LogP contribution < -0.4 is 5.32 Å². The minimum absolute atomic E-state index is 0.217. The summed E-state index contributed by atoms with van der Waals surface area (Å²) in [5, 5.41) is 7.08. The lowest BCUT2D eigenvalue weighted by molar-refractivity contribution is -0.140. The first-order valence-electron chi connectivity index (χ1n) is 9.51. The van der Waals surface area contributed by atoms with Crippen LogP contribution in [0, 0.1) is 0 Å². The molecule has 1 unspecified atom stereocenters. The Morgan fingerprint density at radius 1 is 1.35 bits per heavy atom. The first-order chi connectivity index (χ1) is 14.7. The van der Waals surface area contributed by atoms with Crippen molar-refractivity contribution in [3.63, 3.8) is 0 Å². The number of nitrogens with zero attached hydrogens (tertiary/aromatic N) is 5. The van der Waals surface area contributed by atoms with Gasteiger partial charge in [-0.25, -0.2) is 18.5 Å². The van der Waals surface area contributed by atoms with Crippen molar-refractivity contribution in [2.24, 2.45) is 0 Å². The van der Waals surface area contributed by atoms with Crippen molar-refractivity contribution in [1.29, 1.82) is 0 Å². The Labute approximate surface area is 177 Å². The molecule has 166 valence electrons. The summed E-state index contributed by atoms with van der Waals surface area (Å²) in [6.07, 6.45) is 1.74. The number of hydrogen-bond acceptors (Lipinski definition) is 5. The number of aromatic nitrogens is 5. The van der Waals surface area contributed by atoms with E-state index in [0.717, 1.165) is 5.39 Å². The Hall–Kier alpha value is -2.80. The summed E-state index contributed by atoms with van der Waals surface area (Å²) in [4.78, 5) is 23.7. The molecule has 9 nitrogen and oxygen atoms in total. The minimum Gasteiger partial charge on any atom is -0.347 e. The van der Waals surface area contributed by atoms with Crippen molar-refractivity contribution in [2.75, 3.05) is 25.4 Å². The van der Waals surface area contributed by atoms with Gasteiger partial charge in [0.15, 0.2) is 0 Å².